The lowest BCUT2D eigenvalue weighted by Gasteiger charge is -2.08. The van der Waals surface area contributed by atoms with Gasteiger partial charge in [-0.05, 0) is 43.4 Å². The van der Waals surface area contributed by atoms with Crippen molar-refractivity contribution in [2.75, 3.05) is 13.2 Å². The molecule has 8 nitrogen and oxygen atoms in total. The summed E-state index contributed by atoms with van der Waals surface area (Å²) in [5.74, 6) is -0.436. The number of amides is 1. The van der Waals surface area contributed by atoms with Crippen LogP contribution in [-0.2, 0) is 16.0 Å². The van der Waals surface area contributed by atoms with Crippen LogP contribution in [0.3, 0.4) is 0 Å². The molecular weight excluding hydrogens is 370 g/mol. The first-order chi connectivity index (χ1) is 13.8. The highest BCUT2D eigenvalue weighted by molar-refractivity contribution is 5.88. The number of benzene rings is 1. The summed E-state index contributed by atoms with van der Waals surface area (Å²) in [5, 5.41) is 6.83. The molecule has 29 heavy (non-hydrogen) atoms. The molecule has 0 aliphatic carbocycles. The summed E-state index contributed by atoms with van der Waals surface area (Å²) in [6, 6.07) is 10.2. The third kappa shape index (κ3) is 5.16. The van der Waals surface area contributed by atoms with E-state index in [9.17, 15) is 9.59 Å². The van der Waals surface area contributed by atoms with E-state index in [-0.39, 0.29) is 18.3 Å². The van der Waals surface area contributed by atoms with E-state index in [1.165, 1.54) is 10.1 Å². The molecule has 152 valence electrons. The number of fused-ring (bicyclic) bond motifs is 1. The van der Waals surface area contributed by atoms with E-state index >= 15 is 0 Å². The van der Waals surface area contributed by atoms with Crippen LogP contribution in [0.1, 0.15) is 52.9 Å². The number of hydrogen-bond donors (Lipinski definition) is 1. The number of aromatic nitrogens is 4. The SMILES string of the molecule is Cc1cc(C)n2nc(C(=O)OCC(=O)NCCc3ccc(C(C)C)cc3)nc2n1. The summed E-state index contributed by atoms with van der Waals surface area (Å²) >= 11 is 0. The van der Waals surface area contributed by atoms with Crippen molar-refractivity contribution in [2.24, 2.45) is 0 Å². The molecule has 0 aliphatic heterocycles. The first kappa shape index (κ1) is 20.4. The van der Waals surface area contributed by atoms with Crippen LogP contribution >= 0.6 is 0 Å². The molecule has 1 aromatic carbocycles. The topological polar surface area (TPSA) is 98.5 Å². The highest BCUT2D eigenvalue weighted by Gasteiger charge is 2.17. The zero-order valence-corrected chi connectivity index (χ0v) is 17.1. The number of hydrogen-bond acceptors (Lipinski definition) is 6. The Morgan fingerprint density at radius 1 is 1.14 bits per heavy atom. The molecule has 3 rings (SSSR count). The number of rotatable bonds is 7. The Bertz CT molecular complexity index is 1020. The van der Waals surface area contributed by atoms with Gasteiger partial charge in [0, 0.05) is 17.9 Å². The number of carbonyl (C=O) groups excluding carboxylic acids is 2. The Morgan fingerprint density at radius 3 is 2.55 bits per heavy atom. The van der Waals surface area contributed by atoms with E-state index in [4.69, 9.17) is 4.74 Å². The zero-order valence-electron chi connectivity index (χ0n) is 17.1. The second kappa shape index (κ2) is 8.81. The largest absolute Gasteiger partial charge is 0.450 e. The van der Waals surface area contributed by atoms with Crippen molar-refractivity contribution >= 4 is 17.7 Å². The Hall–Kier alpha value is -3.29. The third-order valence-corrected chi connectivity index (χ3v) is 4.52. The van der Waals surface area contributed by atoms with Crippen molar-refractivity contribution in [3.63, 3.8) is 0 Å². The molecule has 2 aromatic heterocycles. The molecule has 0 unspecified atom stereocenters. The lowest BCUT2D eigenvalue weighted by molar-refractivity contribution is -0.124. The second-order valence-corrected chi connectivity index (χ2v) is 7.26. The Morgan fingerprint density at radius 2 is 1.86 bits per heavy atom. The van der Waals surface area contributed by atoms with Gasteiger partial charge in [-0.1, -0.05) is 38.1 Å². The fraction of sp³-hybridized carbons (Fsp3) is 0.381. The number of aryl methyl sites for hydroxylation is 2. The van der Waals surface area contributed by atoms with Gasteiger partial charge in [-0.15, -0.1) is 5.10 Å². The maximum atomic E-state index is 12.1. The van der Waals surface area contributed by atoms with Crippen LogP contribution in [-0.4, -0.2) is 44.6 Å². The summed E-state index contributed by atoms with van der Waals surface area (Å²) in [6.45, 7) is 8.06. The fourth-order valence-corrected chi connectivity index (χ4v) is 2.91. The first-order valence-electron chi connectivity index (χ1n) is 9.57. The van der Waals surface area contributed by atoms with Gasteiger partial charge in [0.05, 0.1) is 0 Å². The number of nitrogens with zero attached hydrogens (tertiary/aromatic N) is 4. The van der Waals surface area contributed by atoms with Gasteiger partial charge < -0.3 is 10.1 Å². The molecule has 0 saturated carbocycles. The lowest BCUT2D eigenvalue weighted by Crippen LogP contribution is -2.30. The monoisotopic (exact) mass is 395 g/mol. The molecular formula is C21H25N5O3. The van der Waals surface area contributed by atoms with Crippen LogP contribution in [0.5, 0.6) is 0 Å². The molecule has 0 radical (unpaired) electrons. The number of nitrogens with one attached hydrogen (secondary N) is 1. The standard InChI is InChI=1S/C21H25N5O3/c1-13(2)17-7-5-16(6-8-17)9-10-22-18(27)12-29-20(28)19-24-21-23-14(3)11-15(4)26(21)25-19/h5-8,11,13H,9-10,12H2,1-4H3,(H,22,27). The third-order valence-electron chi connectivity index (χ3n) is 4.52. The Labute approximate surface area is 169 Å². The van der Waals surface area contributed by atoms with Gasteiger partial charge in [0.2, 0.25) is 0 Å². The van der Waals surface area contributed by atoms with Crippen molar-refractivity contribution in [2.45, 2.75) is 40.0 Å². The number of ether oxygens (including phenoxy) is 1. The van der Waals surface area contributed by atoms with E-state index in [0.29, 0.717) is 24.7 Å². The molecule has 2 heterocycles. The molecule has 8 heteroatoms. The van der Waals surface area contributed by atoms with E-state index < -0.39 is 5.97 Å². The van der Waals surface area contributed by atoms with E-state index in [0.717, 1.165) is 17.0 Å². The minimum absolute atomic E-state index is 0.121. The molecule has 0 fully saturated rings. The normalized spacial score (nSPS) is 11.1. The van der Waals surface area contributed by atoms with Gasteiger partial charge in [-0.25, -0.2) is 14.3 Å². The molecule has 0 spiro atoms. The van der Waals surface area contributed by atoms with Crippen LogP contribution in [0.2, 0.25) is 0 Å². The molecule has 0 bridgehead atoms. The fourth-order valence-electron chi connectivity index (χ4n) is 2.91. The van der Waals surface area contributed by atoms with Crippen LogP contribution in [0.4, 0.5) is 0 Å². The van der Waals surface area contributed by atoms with Crippen molar-refractivity contribution in [3.8, 4) is 0 Å². The van der Waals surface area contributed by atoms with Crippen LogP contribution in [0.15, 0.2) is 30.3 Å². The predicted octanol–water partition coefficient (Wildman–Crippen LogP) is 2.38. The van der Waals surface area contributed by atoms with Crippen molar-refractivity contribution in [1.82, 2.24) is 24.9 Å². The summed E-state index contributed by atoms with van der Waals surface area (Å²) in [7, 11) is 0. The first-order valence-corrected chi connectivity index (χ1v) is 9.57. The summed E-state index contributed by atoms with van der Waals surface area (Å²) < 4.78 is 6.48. The number of carbonyl (C=O) groups is 2. The zero-order chi connectivity index (χ0) is 21.0. The molecule has 0 atom stereocenters. The van der Waals surface area contributed by atoms with E-state index in [1.807, 2.05) is 19.9 Å². The summed E-state index contributed by atoms with van der Waals surface area (Å²) in [5.41, 5.74) is 4.00. The van der Waals surface area contributed by atoms with E-state index in [2.05, 4.69) is 58.5 Å². The summed E-state index contributed by atoms with van der Waals surface area (Å²) in [4.78, 5) is 32.4. The van der Waals surface area contributed by atoms with Crippen LogP contribution < -0.4 is 5.32 Å². The van der Waals surface area contributed by atoms with Gasteiger partial charge in [0.1, 0.15) is 0 Å². The van der Waals surface area contributed by atoms with Crippen molar-refractivity contribution < 1.29 is 14.3 Å². The van der Waals surface area contributed by atoms with Crippen LogP contribution in [0, 0.1) is 13.8 Å². The van der Waals surface area contributed by atoms with Gasteiger partial charge >= 0.3 is 5.97 Å². The highest BCUT2D eigenvalue weighted by Crippen LogP contribution is 2.14. The molecule has 1 amide bonds. The van der Waals surface area contributed by atoms with Gasteiger partial charge in [0.15, 0.2) is 6.61 Å². The summed E-state index contributed by atoms with van der Waals surface area (Å²) in [6.07, 6.45) is 0.705. The lowest BCUT2D eigenvalue weighted by atomic mass is 10.0. The highest BCUT2D eigenvalue weighted by atomic mass is 16.5. The molecule has 1 N–H and O–H groups in total. The maximum Gasteiger partial charge on any atom is 0.378 e. The van der Waals surface area contributed by atoms with Gasteiger partial charge in [0.25, 0.3) is 17.5 Å². The Kier molecular flexibility index (Phi) is 6.21. The van der Waals surface area contributed by atoms with Crippen LogP contribution in [0.25, 0.3) is 5.78 Å². The minimum atomic E-state index is -0.757. The molecule has 3 aromatic rings. The van der Waals surface area contributed by atoms with Crippen molar-refractivity contribution in [3.05, 3.63) is 58.7 Å². The second-order valence-electron chi connectivity index (χ2n) is 7.26. The average Bonchev–Trinajstić information content (AvgIpc) is 3.11. The van der Waals surface area contributed by atoms with Crippen molar-refractivity contribution in [1.29, 1.82) is 0 Å². The smallest absolute Gasteiger partial charge is 0.378 e. The minimum Gasteiger partial charge on any atom is -0.450 e. The predicted molar refractivity (Wildman–Crippen MR) is 108 cm³/mol. The molecule has 0 aliphatic rings. The average molecular weight is 395 g/mol. The molecule has 0 saturated heterocycles. The van der Waals surface area contributed by atoms with Gasteiger partial charge in [-0.2, -0.15) is 4.98 Å². The van der Waals surface area contributed by atoms with Gasteiger partial charge in [-0.3, -0.25) is 4.79 Å². The quantitative estimate of drug-likeness (QED) is 0.617. The maximum absolute atomic E-state index is 12.1. The van der Waals surface area contributed by atoms with E-state index in [1.54, 1.807) is 0 Å². The number of esters is 1. The Balaban J connectivity index is 1.46.